The second kappa shape index (κ2) is 17.8. The van der Waals surface area contributed by atoms with Crippen molar-refractivity contribution in [2.45, 2.75) is 102 Å². The molecule has 4 aromatic rings. The zero-order chi connectivity index (χ0) is 41.7. The predicted molar refractivity (Wildman–Crippen MR) is 217 cm³/mol. The van der Waals surface area contributed by atoms with Crippen LogP contribution < -0.4 is 14.8 Å². The van der Waals surface area contributed by atoms with Crippen molar-refractivity contribution in [1.82, 2.24) is 10.2 Å². The monoisotopic (exact) mass is 798 g/mol. The van der Waals surface area contributed by atoms with Gasteiger partial charge in [0.25, 0.3) is 0 Å². The molecule has 0 aliphatic heterocycles. The van der Waals surface area contributed by atoms with Gasteiger partial charge < -0.3 is 29.9 Å². The largest absolute Gasteiger partial charge is 0.573 e. The number of hydrogen-bond donors (Lipinski definition) is 3. The molecule has 308 valence electrons. The molecule has 2 amide bonds. The molecular formula is C47H53F3N2O6. The van der Waals surface area contributed by atoms with E-state index in [1.54, 1.807) is 31.4 Å². The van der Waals surface area contributed by atoms with Gasteiger partial charge in [0.1, 0.15) is 11.5 Å². The molecule has 0 radical (unpaired) electrons. The van der Waals surface area contributed by atoms with Crippen LogP contribution in [0.5, 0.6) is 11.5 Å². The Balaban J connectivity index is 1.39. The third kappa shape index (κ3) is 9.93. The molecule has 0 heterocycles. The summed E-state index contributed by atoms with van der Waals surface area (Å²) in [6, 6.07) is 26.8. The van der Waals surface area contributed by atoms with Gasteiger partial charge in [-0.15, -0.1) is 13.2 Å². The first-order valence-corrected chi connectivity index (χ1v) is 19.9. The molecule has 4 aromatic carbocycles. The molecule has 11 heteroatoms. The SMILES string of the molecule is COc1ccc(C(=O)c2cc3ccc2[C@@H]2CC[C@@](O)(CN(Cc4ccc(OC(F)(F)F)cc4)C(=O)N[C@H](C)c4ccccc4)[C@@]2(C)CCC=C(C)CC[C@H](O)C3)cc1. The van der Waals surface area contributed by atoms with E-state index in [1.165, 1.54) is 29.2 Å². The number of urea groups is 1. The van der Waals surface area contributed by atoms with E-state index in [9.17, 15) is 33.0 Å². The lowest BCUT2D eigenvalue weighted by Crippen LogP contribution is -2.55. The zero-order valence-electron chi connectivity index (χ0n) is 33.5. The lowest BCUT2D eigenvalue weighted by Gasteiger charge is -2.46. The maximum Gasteiger partial charge on any atom is 0.573 e. The van der Waals surface area contributed by atoms with Crippen LogP contribution in [0.15, 0.2) is 109 Å². The highest BCUT2D eigenvalue weighted by Gasteiger charge is 2.57. The van der Waals surface area contributed by atoms with Crippen LogP contribution in [-0.2, 0) is 13.0 Å². The molecule has 1 fully saturated rings. The van der Waals surface area contributed by atoms with Gasteiger partial charge in [0.15, 0.2) is 5.78 Å². The van der Waals surface area contributed by atoms with Crippen LogP contribution >= 0.6 is 0 Å². The molecule has 0 aromatic heterocycles. The minimum Gasteiger partial charge on any atom is -0.497 e. The summed E-state index contributed by atoms with van der Waals surface area (Å²) in [6.07, 6.45) is 0.367. The molecule has 2 bridgehead atoms. The van der Waals surface area contributed by atoms with E-state index in [2.05, 4.69) is 16.1 Å². The summed E-state index contributed by atoms with van der Waals surface area (Å²) in [5.41, 5.74) is 2.90. The van der Waals surface area contributed by atoms with Gasteiger partial charge in [-0.1, -0.05) is 73.2 Å². The van der Waals surface area contributed by atoms with E-state index in [-0.39, 0.29) is 36.6 Å². The fraction of sp³-hybridized carbons (Fsp3) is 0.404. The van der Waals surface area contributed by atoms with Gasteiger partial charge in [-0.25, -0.2) is 4.79 Å². The molecule has 1 saturated carbocycles. The number of benzene rings is 4. The van der Waals surface area contributed by atoms with Crippen LogP contribution in [0.3, 0.4) is 0 Å². The van der Waals surface area contributed by atoms with Crippen molar-refractivity contribution in [3.05, 3.63) is 142 Å². The van der Waals surface area contributed by atoms with Crippen LogP contribution in [-0.4, -0.2) is 58.6 Å². The fourth-order valence-electron chi connectivity index (χ4n) is 8.73. The number of halogens is 3. The molecule has 3 N–H and O–H groups in total. The molecular weight excluding hydrogens is 746 g/mol. The minimum absolute atomic E-state index is 0.0000621. The van der Waals surface area contributed by atoms with Crippen LogP contribution in [0.2, 0.25) is 0 Å². The summed E-state index contributed by atoms with van der Waals surface area (Å²) in [5.74, 6) is -0.226. The summed E-state index contributed by atoms with van der Waals surface area (Å²) in [7, 11) is 1.56. The second-order valence-corrected chi connectivity index (χ2v) is 16.1. The Bertz CT molecular complexity index is 2070. The molecule has 3 aliphatic carbocycles. The molecule has 7 rings (SSSR count). The molecule has 58 heavy (non-hydrogen) atoms. The van der Waals surface area contributed by atoms with Crippen molar-refractivity contribution in [2.24, 2.45) is 5.41 Å². The average Bonchev–Trinajstić information content (AvgIpc) is 3.45. The molecule has 5 atom stereocenters. The summed E-state index contributed by atoms with van der Waals surface area (Å²) >= 11 is 0. The Hall–Kier alpha value is -5.13. The normalized spacial score (nSPS) is 22.9. The highest BCUT2D eigenvalue weighted by atomic mass is 19.4. The van der Waals surface area contributed by atoms with E-state index >= 15 is 0 Å². The van der Waals surface area contributed by atoms with Gasteiger partial charge in [0, 0.05) is 23.1 Å². The van der Waals surface area contributed by atoms with Gasteiger partial charge in [-0.3, -0.25) is 4.79 Å². The topological polar surface area (TPSA) is 108 Å². The number of amides is 2. The van der Waals surface area contributed by atoms with Crippen LogP contribution in [0.4, 0.5) is 18.0 Å². The first-order valence-electron chi connectivity index (χ1n) is 19.9. The number of fused-ring (bicyclic) bond motifs is 8. The second-order valence-electron chi connectivity index (χ2n) is 16.1. The van der Waals surface area contributed by atoms with Crippen molar-refractivity contribution in [3.8, 4) is 11.5 Å². The van der Waals surface area contributed by atoms with E-state index in [4.69, 9.17) is 4.74 Å². The van der Waals surface area contributed by atoms with E-state index in [0.29, 0.717) is 67.4 Å². The Morgan fingerprint density at radius 2 is 1.64 bits per heavy atom. The van der Waals surface area contributed by atoms with Gasteiger partial charge in [0.05, 0.1) is 31.4 Å². The number of aliphatic hydroxyl groups excluding tert-OH is 1. The summed E-state index contributed by atoms with van der Waals surface area (Å²) < 4.78 is 48.3. The third-order valence-corrected chi connectivity index (χ3v) is 12.2. The van der Waals surface area contributed by atoms with Crippen LogP contribution in [0, 0.1) is 5.41 Å². The number of allylic oxidation sites excluding steroid dienone is 2. The number of carbonyl (C=O) groups is 2. The summed E-state index contributed by atoms with van der Waals surface area (Å²) in [6.45, 7) is 5.88. The number of carbonyl (C=O) groups excluding carboxylic acids is 2. The fourth-order valence-corrected chi connectivity index (χ4v) is 8.73. The zero-order valence-corrected chi connectivity index (χ0v) is 33.5. The summed E-state index contributed by atoms with van der Waals surface area (Å²) in [5, 5.41) is 27.2. The highest BCUT2D eigenvalue weighted by molar-refractivity contribution is 6.10. The molecule has 0 spiro atoms. The number of methoxy groups -OCH3 is 1. The van der Waals surface area contributed by atoms with E-state index in [0.717, 1.165) is 22.3 Å². The number of aliphatic hydroxyl groups is 2. The number of ether oxygens (including phenoxy) is 2. The van der Waals surface area contributed by atoms with E-state index in [1.807, 2.05) is 69.3 Å². The first-order chi connectivity index (χ1) is 27.6. The Labute approximate surface area is 338 Å². The maximum absolute atomic E-state index is 14.5. The number of alkyl halides is 3. The van der Waals surface area contributed by atoms with Crippen molar-refractivity contribution in [2.75, 3.05) is 13.7 Å². The van der Waals surface area contributed by atoms with Gasteiger partial charge in [-0.2, -0.15) is 0 Å². The lowest BCUT2D eigenvalue weighted by molar-refractivity contribution is -0.274. The van der Waals surface area contributed by atoms with Crippen LogP contribution in [0.1, 0.15) is 109 Å². The number of nitrogens with one attached hydrogen (secondary N) is 1. The number of nitrogens with zero attached hydrogens (tertiary/aromatic N) is 1. The molecule has 0 unspecified atom stereocenters. The van der Waals surface area contributed by atoms with Crippen molar-refractivity contribution >= 4 is 11.8 Å². The Morgan fingerprint density at radius 1 is 0.948 bits per heavy atom. The first kappa shape index (κ1) is 42.5. The number of ketones is 1. The molecule has 0 saturated heterocycles. The standard InChI is InChI=1S/C47H53F3N2O6/c1-31-9-8-25-45(3)42(40-23-15-34(27-37(53)18-12-31)28-41(40)43(54)36-16-21-38(57-4)22-17-36)24-26-46(45,56)30-52(44(55)51-32(2)35-10-6-5-7-11-35)29-33-13-19-39(20-14-33)58-47(48,49)50/h5-7,9-11,13-17,19-23,28,32,37,42,53,56H,8,12,18,24-27,29-30H2,1-4H3,(H,51,55)/t32-,37+,42+,45+,46-/m1/s1. The van der Waals surface area contributed by atoms with Crippen LogP contribution in [0.25, 0.3) is 0 Å². The van der Waals surface area contributed by atoms with Crippen molar-refractivity contribution in [3.63, 3.8) is 0 Å². The number of hydrogen-bond acceptors (Lipinski definition) is 6. The predicted octanol–water partition coefficient (Wildman–Crippen LogP) is 9.84. The number of rotatable bonds is 10. The minimum atomic E-state index is -4.85. The van der Waals surface area contributed by atoms with E-state index < -0.39 is 29.5 Å². The van der Waals surface area contributed by atoms with Gasteiger partial charge in [-0.05, 0) is 129 Å². The van der Waals surface area contributed by atoms with Gasteiger partial charge in [0.2, 0.25) is 0 Å². The average molecular weight is 799 g/mol. The Kier molecular flexibility index (Phi) is 13.0. The Morgan fingerprint density at radius 3 is 2.31 bits per heavy atom. The maximum atomic E-state index is 14.5. The van der Waals surface area contributed by atoms with Crippen molar-refractivity contribution in [1.29, 1.82) is 0 Å². The van der Waals surface area contributed by atoms with Crippen molar-refractivity contribution < 1.29 is 42.4 Å². The van der Waals surface area contributed by atoms with Gasteiger partial charge >= 0.3 is 12.4 Å². The molecule has 8 nitrogen and oxygen atoms in total. The highest BCUT2D eigenvalue weighted by Crippen LogP contribution is 2.59. The molecule has 3 aliphatic rings. The third-order valence-electron chi connectivity index (χ3n) is 12.2. The quantitative estimate of drug-likeness (QED) is 0.109. The smallest absolute Gasteiger partial charge is 0.497 e. The lowest BCUT2D eigenvalue weighted by atomic mass is 9.64. The summed E-state index contributed by atoms with van der Waals surface area (Å²) in [4.78, 5) is 30.3.